The van der Waals surface area contributed by atoms with Crippen LogP contribution in [0, 0.1) is 0 Å². The van der Waals surface area contributed by atoms with Crippen molar-refractivity contribution < 1.29 is 0 Å². The average Bonchev–Trinajstić information content (AvgIpc) is 2.76. The Morgan fingerprint density at radius 2 is 1.65 bits per heavy atom. The SMILES string of the molecule is CC(C)c1ccc2c(c1)CCc1c-2ccnc1-c1cc(C(C)(C)C)c2ccccc2c1. The van der Waals surface area contributed by atoms with Crippen molar-refractivity contribution in [3.05, 3.63) is 89.1 Å². The fourth-order valence-corrected chi connectivity index (χ4v) is 5.02. The van der Waals surface area contributed by atoms with E-state index in [1.54, 1.807) is 0 Å². The highest BCUT2D eigenvalue weighted by Crippen LogP contribution is 2.41. The molecule has 0 spiro atoms. The van der Waals surface area contributed by atoms with Crippen LogP contribution >= 0.6 is 0 Å². The highest BCUT2D eigenvalue weighted by molar-refractivity contribution is 5.92. The summed E-state index contributed by atoms with van der Waals surface area (Å²) in [5.74, 6) is 0.563. The van der Waals surface area contributed by atoms with Crippen LogP contribution < -0.4 is 0 Å². The van der Waals surface area contributed by atoms with Gasteiger partial charge in [-0.05, 0) is 86.5 Å². The third kappa shape index (κ3) is 3.47. The Morgan fingerprint density at radius 3 is 2.42 bits per heavy atom. The van der Waals surface area contributed by atoms with Crippen molar-refractivity contribution >= 4 is 10.8 Å². The molecule has 1 heterocycles. The first-order chi connectivity index (χ1) is 14.8. The van der Waals surface area contributed by atoms with Crippen LogP contribution in [0.2, 0.25) is 0 Å². The van der Waals surface area contributed by atoms with E-state index in [4.69, 9.17) is 4.98 Å². The Morgan fingerprint density at radius 1 is 0.839 bits per heavy atom. The molecular formula is C30H31N. The first-order valence-corrected chi connectivity index (χ1v) is 11.5. The van der Waals surface area contributed by atoms with E-state index < -0.39 is 0 Å². The molecule has 0 N–H and O–H groups in total. The zero-order chi connectivity index (χ0) is 21.8. The van der Waals surface area contributed by atoms with Crippen molar-refractivity contribution in [2.45, 2.75) is 58.8 Å². The standard InChI is InChI=1S/C30H31N/c1-19(2)20-10-12-24-22(16-20)11-13-27-26(24)14-15-31-29(27)23-17-21-8-6-7-9-25(21)28(18-23)30(3,4)5/h6-10,12,14-19H,11,13H2,1-5H3. The Bertz CT molecular complexity index is 1290. The van der Waals surface area contributed by atoms with Gasteiger partial charge in [-0.15, -0.1) is 0 Å². The molecule has 1 heteroatoms. The van der Waals surface area contributed by atoms with Crippen LogP contribution in [-0.4, -0.2) is 4.98 Å². The largest absolute Gasteiger partial charge is 0.256 e. The third-order valence-corrected chi connectivity index (χ3v) is 6.73. The second kappa shape index (κ2) is 7.34. The number of hydrogen-bond acceptors (Lipinski definition) is 1. The van der Waals surface area contributed by atoms with Crippen molar-refractivity contribution in [1.29, 1.82) is 0 Å². The fraction of sp³-hybridized carbons (Fsp3) is 0.300. The van der Waals surface area contributed by atoms with Crippen molar-refractivity contribution in [1.82, 2.24) is 4.98 Å². The third-order valence-electron chi connectivity index (χ3n) is 6.73. The lowest BCUT2D eigenvalue weighted by Gasteiger charge is -2.25. The van der Waals surface area contributed by atoms with Crippen molar-refractivity contribution in [3.63, 3.8) is 0 Å². The number of aryl methyl sites for hydroxylation is 1. The zero-order valence-corrected chi connectivity index (χ0v) is 19.3. The molecule has 0 amide bonds. The lowest BCUT2D eigenvalue weighted by atomic mass is 9.80. The van der Waals surface area contributed by atoms with Crippen molar-refractivity contribution in [2.75, 3.05) is 0 Å². The van der Waals surface area contributed by atoms with Gasteiger partial charge < -0.3 is 0 Å². The highest BCUT2D eigenvalue weighted by Gasteiger charge is 2.23. The molecule has 3 aromatic carbocycles. The number of rotatable bonds is 2. The molecule has 1 aliphatic rings. The Kier molecular flexibility index (Phi) is 4.73. The van der Waals surface area contributed by atoms with Crippen LogP contribution in [0.4, 0.5) is 0 Å². The lowest BCUT2D eigenvalue weighted by Crippen LogP contribution is -2.12. The topological polar surface area (TPSA) is 12.9 Å². The summed E-state index contributed by atoms with van der Waals surface area (Å²) in [5, 5.41) is 2.64. The molecule has 0 saturated heterocycles. The molecule has 156 valence electrons. The Balaban J connectivity index is 1.71. The predicted molar refractivity (Wildman–Crippen MR) is 133 cm³/mol. The van der Waals surface area contributed by atoms with Gasteiger partial charge in [0.2, 0.25) is 0 Å². The van der Waals surface area contributed by atoms with Gasteiger partial charge in [-0.3, -0.25) is 4.98 Å². The van der Waals surface area contributed by atoms with Crippen molar-refractivity contribution in [2.24, 2.45) is 0 Å². The highest BCUT2D eigenvalue weighted by atomic mass is 14.7. The molecule has 4 aromatic rings. The van der Waals surface area contributed by atoms with Gasteiger partial charge in [-0.1, -0.05) is 77.1 Å². The van der Waals surface area contributed by atoms with Gasteiger partial charge >= 0.3 is 0 Å². The molecular weight excluding hydrogens is 374 g/mol. The van der Waals surface area contributed by atoms with Gasteiger partial charge in [0.15, 0.2) is 0 Å². The normalized spacial score (nSPS) is 13.4. The summed E-state index contributed by atoms with van der Waals surface area (Å²) in [6.45, 7) is 11.4. The van der Waals surface area contributed by atoms with E-state index >= 15 is 0 Å². The van der Waals surface area contributed by atoms with Crippen LogP contribution in [0.3, 0.4) is 0 Å². The van der Waals surface area contributed by atoms with Crippen LogP contribution in [0.1, 0.15) is 62.8 Å². The van der Waals surface area contributed by atoms with Gasteiger partial charge in [0.05, 0.1) is 5.69 Å². The summed E-state index contributed by atoms with van der Waals surface area (Å²) in [7, 11) is 0. The van der Waals surface area contributed by atoms with E-state index in [2.05, 4.69) is 95.3 Å². The molecule has 1 nitrogen and oxygen atoms in total. The quantitative estimate of drug-likeness (QED) is 0.328. The monoisotopic (exact) mass is 405 g/mol. The average molecular weight is 406 g/mol. The van der Waals surface area contributed by atoms with E-state index in [1.165, 1.54) is 49.7 Å². The minimum atomic E-state index is 0.0737. The molecule has 0 fully saturated rings. The molecule has 1 aromatic heterocycles. The van der Waals surface area contributed by atoms with E-state index in [-0.39, 0.29) is 5.41 Å². The summed E-state index contributed by atoms with van der Waals surface area (Å²) in [6.07, 6.45) is 4.12. The number of aromatic nitrogens is 1. The van der Waals surface area contributed by atoms with Gasteiger partial charge in [0, 0.05) is 11.8 Å². The predicted octanol–water partition coefficient (Wildman–Crippen LogP) is 8.09. The smallest absolute Gasteiger partial charge is 0.0740 e. The zero-order valence-electron chi connectivity index (χ0n) is 19.3. The molecule has 0 unspecified atom stereocenters. The number of nitrogens with zero attached hydrogens (tertiary/aromatic N) is 1. The van der Waals surface area contributed by atoms with Gasteiger partial charge in [0.1, 0.15) is 0 Å². The molecule has 1 aliphatic carbocycles. The van der Waals surface area contributed by atoms with Crippen LogP contribution in [0.25, 0.3) is 33.2 Å². The molecule has 0 bridgehead atoms. The van der Waals surface area contributed by atoms with Gasteiger partial charge in [-0.25, -0.2) is 0 Å². The summed E-state index contributed by atoms with van der Waals surface area (Å²) in [6, 6.07) is 22.7. The maximum Gasteiger partial charge on any atom is 0.0740 e. The Hall–Kier alpha value is -2.93. The van der Waals surface area contributed by atoms with Crippen molar-refractivity contribution in [3.8, 4) is 22.4 Å². The van der Waals surface area contributed by atoms with E-state index in [0.29, 0.717) is 5.92 Å². The Labute approximate surface area is 186 Å². The number of pyridine rings is 1. The van der Waals surface area contributed by atoms with Gasteiger partial charge in [-0.2, -0.15) is 0 Å². The van der Waals surface area contributed by atoms with E-state index in [9.17, 15) is 0 Å². The van der Waals surface area contributed by atoms with E-state index in [0.717, 1.165) is 18.5 Å². The summed E-state index contributed by atoms with van der Waals surface area (Å²) in [4.78, 5) is 4.91. The number of fused-ring (bicyclic) bond motifs is 4. The molecule has 0 radical (unpaired) electrons. The number of hydrogen-bond donors (Lipinski definition) is 0. The maximum atomic E-state index is 4.91. The lowest BCUT2D eigenvalue weighted by molar-refractivity contribution is 0.596. The second-order valence-electron chi connectivity index (χ2n) is 10.3. The minimum Gasteiger partial charge on any atom is -0.256 e. The van der Waals surface area contributed by atoms with E-state index in [1.807, 2.05) is 6.20 Å². The summed E-state index contributed by atoms with van der Waals surface area (Å²) >= 11 is 0. The molecule has 31 heavy (non-hydrogen) atoms. The van der Waals surface area contributed by atoms with Crippen LogP contribution in [0.5, 0.6) is 0 Å². The summed E-state index contributed by atoms with van der Waals surface area (Å²) in [5.41, 5.74) is 10.9. The molecule has 0 aliphatic heterocycles. The van der Waals surface area contributed by atoms with Gasteiger partial charge in [0.25, 0.3) is 0 Å². The first kappa shape index (κ1) is 20.0. The second-order valence-corrected chi connectivity index (χ2v) is 10.3. The van der Waals surface area contributed by atoms with Crippen LogP contribution in [-0.2, 0) is 18.3 Å². The first-order valence-electron chi connectivity index (χ1n) is 11.5. The van der Waals surface area contributed by atoms with Crippen LogP contribution in [0.15, 0.2) is 66.9 Å². The molecule has 0 atom stereocenters. The fourth-order valence-electron chi connectivity index (χ4n) is 5.02. The molecule has 5 rings (SSSR count). The maximum absolute atomic E-state index is 4.91. The summed E-state index contributed by atoms with van der Waals surface area (Å²) < 4.78 is 0. The minimum absolute atomic E-state index is 0.0737. The number of benzene rings is 3. The molecule has 0 saturated carbocycles.